The summed E-state index contributed by atoms with van der Waals surface area (Å²) in [6, 6.07) is 0. The Morgan fingerprint density at radius 3 is 2.37 bits per heavy atom. The SMILES string of the molecule is CC(C)CCC[C@@H](C)[C@H]1CC[C@H]2[C@@H]3CC(O)C4(Cl)CC(O)CC[C@]4(C)[C@H]3CC[C@]12C. The molecule has 10 atom stereocenters. The standard InChI is InChI=1S/C27H47ClO2/c1-17(2)7-6-8-18(3)21-9-10-22-20-15-24(30)27(28)16-19(29)11-14-26(27,5)23(20)12-13-25(21,22)4/h17-24,29-30H,6-16H2,1-5H3/t18-,19?,20+,21-,22+,23+,24?,25-,26-,27?/m1/s1. The van der Waals surface area contributed by atoms with E-state index in [-0.39, 0.29) is 11.5 Å². The van der Waals surface area contributed by atoms with Crippen molar-refractivity contribution in [3.63, 3.8) is 0 Å². The maximum atomic E-state index is 11.3. The Morgan fingerprint density at radius 2 is 1.67 bits per heavy atom. The third-order valence-corrected chi connectivity index (χ3v) is 11.8. The maximum Gasteiger partial charge on any atom is 0.0785 e. The number of hydrogen-bond acceptors (Lipinski definition) is 2. The summed E-state index contributed by atoms with van der Waals surface area (Å²) in [5.41, 5.74) is 0.396. The highest BCUT2D eigenvalue weighted by atomic mass is 35.5. The van der Waals surface area contributed by atoms with Gasteiger partial charge in [0, 0.05) is 0 Å². The molecular formula is C27H47ClO2. The van der Waals surface area contributed by atoms with Crippen molar-refractivity contribution in [3.05, 3.63) is 0 Å². The van der Waals surface area contributed by atoms with Crippen LogP contribution >= 0.6 is 11.6 Å². The van der Waals surface area contributed by atoms with Crippen LogP contribution in [0.2, 0.25) is 0 Å². The highest BCUT2D eigenvalue weighted by Crippen LogP contribution is 2.70. The van der Waals surface area contributed by atoms with Gasteiger partial charge in [0.2, 0.25) is 0 Å². The van der Waals surface area contributed by atoms with Crippen LogP contribution in [0.4, 0.5) is 0 Å². The first-order chi connectivity index (χ1) is 14.0. The van der Waals surface area contributed by atoms with Crippen molar-refractivity contribution in [2.45, 2.75) is 122 Å². The zero-order valence-electron chi connectivity index (χ0n) is 20.2. The van der Waals surface area contributed by atoms with Crippen molar-refractivity contribution in [3.8, 4) is 0 Å². The molecule has 0 aromatic carbocycles. The van der Waals surface area contributed by atoms with Gasteiger partial charge in [-0.1, -0.05) is 53.9 Å². The Kier molecular flexibility index (Phi) is 6.40. The lowest BCUT2D eigenvalue weighted by Crippen LogP contribution is -2.66. The van der Waals surface area contributed by atoms with E-state index in [4.69, 9.17) is 11.6 Å². The molecule has 3 heteroatoms. The Hall–Kier alpha value is 0.210. The van der Waals surface area contributed by atoms with Gasteiger partial charge in [-0.3, -0.25) is 0 Å². The van der Waals surface area contributed by atoms with Crippen LogP contribution in [0.5, 0.6) is 0 Å². The average Bonchev–Trinajstić information content (AvgIpc) is 3.01. The fourth-order valence-corrected chi connectivity index (χ4v) is 9.74. The fourth-order valence-electron chi connectivity index (χ4n) is 9.24. The van der Waals surface area contributed by atoms with Crippen molar-refractivity contribution in [1.29, 1.82) is 0 Å². The van der Waals surface area contributed by atoms with Gasteiger partial charge in [0.15, 0.2) is 0 Å². The molecule has 0 aromatic rings. The molecule has 0 spiro atoms. The molecule has 0 aromatic heterocycles. The topological polar surface area (TPSA) is 40.5 Å². The quantitative estimate of drug-likeness (QED) is 0.463. The molecule has 0 radical (unpaired) electrons. The minimum absolute atomic E-state index is 0.0432. The lowest BCUT2D eigenvalue weighted by molar-refractivity contribution is -0.159. The molecule has 0 saturated heterocycles. The van der Waals surface area contributed by atoms with Crippen LogP contribution in [0.25, 0.3) is 0 Å². The number of aliphatic hydroxyl groups is 2. The predicted molar refractivity (Wildman–Crippen MR) is 126 cm³/mol. The Labute approximate surface area is 190 Å². The zero-order chi connectivity index (χ0) is 21.9. The highest BCUT2D eigenvalue weighted by Gasteiger charge is 2.67. The van der Waals surface area contributed by atoms with Gasteiger partial charge in [-0.25, -0.2) is 0 Å². The van der Waals surface area contributed by atoms with Crippen LogP contribution in [0.15, 0.2) is 0 Å². The summed E-state index contributed by atoms with van der Waals surface area (Å²) < 4.78 is 0. The van der Waals surface area contributed by atoms with Crippen LogP contribution < -0.4 is 0 Å². The molecule has 0 amide bonds. The average molecular weight is 439 g/mol. The number of hydrogen-bond donors (Lipinski definition) is 2. The van der Waals surface area contributed by atoms with E-state index in [9.17, 15) is 10.2 Å². The van der Waals surface area contributed by atoms with Crippen LogP contribution in [0.1, 0.15) is 105 Å². The third-order valence-electron chi connectivity index (χ3n) is 11.0. The van der Waals surface area contributed by atoms with Crippen molar-refractivity contribution in [2.75, 3.05) is 0 Å². The smallest absolute Gasteiger partial charge is 0.0785 e. The summed E-state index contributed by atoms with van der Waals surface area (Å²) in [4.78, 5) is -0.637. The predicted octanol–water partition coefficient (Wildman–Crippen LogP) is 6.80. The summed E-state index contributed by atoms with van der Waals surface area (Å²) in [6.45, 7) is 12.2. The second-order valence-electron chi connectivity index (χ2n) is 12.8. The van der Waals surface area contributed by atoms with Gasteiger partial charge in [-0.05, 0) is 97.7 Å². The molecule has 4 fully saturated rings. The van der Waals surface area contributed by atoms with E-state index >= 15 is 0 Å². The van der Waals surface area contributed by atoms with E-state index in [2.05, 4.69) is 34.6 Å². The normalized spacial score (nSPS) is 51.9. The van der Waals surface area contributed by atoms with E-state index in [1.807, 2.05) is 0 Å². The number of alkyl halides is 1. The molecule has 2 nitrogen and oxygen atoms in total. The first kappa shape index (κ1) is 23.4. The van der Waals surface area contributed by atoms with E-state index in [0.717, 1.165) is 42.9 Å². The minimum atomic E-state index is -0.637. The Balaban J connectivity index is 1.53. The van der Waals surface area contributed by atoms with Crippen LogP contribution in [-0.2, 0) is 0 Å². The van der Waals surface area contributed by atoms with Gasteiger partial charge in [0.05, 0.1) is 17.1 Å². The van der Waals surface area contributed by atoms with Gasteiger partial charge in [0.25, 0.3) is 0 Å². The van der Waals surface area contributed by atoms with Gasteiger partial charge in [-0.15, -0.1) is 11.6 Å². The molecule has 2 N–H and O–H groups in total. The molecule has 4 rings (SSSR count). The van der Waals surface area contributed by atoms with Gasteiger partial charge >= 0.3 is 0 Å². The van der Waals surface area contributed by atoms with Crippen molar-refractivity contribution < 1.29 is 10.2 Å². The van der Waals surface area contributed by atoms with E-state index in [1.54, 1.807) is 0 Å². The molecule has 3 unspecified atom stereocenters. The van der Waals surface area contributed by atoms with Crippen LogP contribution in [-0.4, -0.2) is 27.3 Å². The first-order valence-electron chi connectivity index (χ1n) is 13.1. The molecule has 0 aliphatic heterocycles. The number of aliphatic hydroxyl groups excluding tert-OH is 2. The minimum Gasteiger partial charge on any atom is -0.393 e. The summed E-state index contributed by atoms with van der Waals surface area (Å²) >= 11 is 7.21. The molecule has 0 bridgehead atoms. The van der Waals surface area contributed by atoms with E-state index in [1.165, 1.54) is 44.9 Å². The lowest BCUT2D eigenvalue weighted by Gasteiger charge is -2.65. The van der Waals surface area contributed by atoms with Crippen molar-refractivity contribution in [2.24, 2.45) is 46.3 Å². The molecule has 4 aliphatic carbocycles. The summed E-state index contributed by atoms with van der Waals surface area (Å²) in [7, 11) is 0. The van der Waals surface area contributed by atoms with Crippen LogP contribution in [0.3, 0.4) is 0 Å². The van der Waals surface area contributed by atoms with Gasteiger partial charge in [0.1, 0.15) is 0 Å². The monoisotopic (exact) mass is 438 g/mol. The molecule has 0 heterocycles. The van der Waals surface area contributed by atoms with Crippen molar-refractivity contribution >= 4 is 11.6 Å². The molecule has 30 heavy (non-hydrogen) atoms. The van der Waals surface area contributed by atoms with Gasteiger partial charge < -0.3 is 10.2 Å². The highest BCUT2D eigenvalue weighted by molar-refractivity contribution is 6.25. The van der Waals surface area contributed by atoms with Crippen molar-refractivity contribution in [1.82, 2.24) is 0 Å². The van der Waals surface area contributed by atoms with E-state index < -0.39 is 11.0 Å². The largest absolute Gasteiger partial charge is 0.393 e. The molecular weight excluding hydrogens is 392 g/mol. The van der Waals surface area contributed by atoms with Crippen LogP contribution in [0, 0.1) is 46.3 Å². The fraction of sp³-hybridized carbons (Fsp3) is 1.00. The second kappa shape index (κ2) is 8.21. The molecule has 4 saturated carbocycles. The van der Waals surface area contributed by atoms with Gasteiger partial charge in [-0.2, -0.15) is 0 Å². The third kappa shape index (κ3) is 3.50. The number of halogens is 1. The molecule has 174 valence electrons. The number of rotatable bonds is 5. The lowest BCUT2D eigenvalue weighted by atomic mass is 9.43. The zero-order valence-corrected chi connectivity index (χ0v) is 20.9. The Morgan fingerprint density at radius 1 is 0.933 bits per heavy atom. The summed E-state index contributed by atoms with van der Waals surface area (Å²) in [5, 5.41) is 21.6. The summed E-state index contributed by atoms with van der Waals surface area (Å²) in [6.07, 6.45) is 11.8. The Bertz CT molecular complexity index is 622. The number of fused-ring (bicyclic) bond motifs is 5. The first-order valence-corrected chi connectivity index (χ1v) is 13.5. The molecule has 4 aliphatic rings. The van der Waals surface area contributed by atoms with E-state index in [0.29, 0.717) is 23.7 Å². The summed E-state index contributed by atoms with van der Waals surface area (Å²) in [5.74, 6) is 4.44. The second-order valence-corrected chi connectivity index (χ2v) is 13.5. The maximum absolute atomic E-state index is 11.3.